The van der Waals surface area contributed by atoms with Gasteiger partial charge in [-0.2, -0.15) is 0 Å². The Bertz CT molecular complexity index is 453. The highest BCUT2D eigenvalue weighted by Crippen LogP contribution is 2.50. The maximum atomic E-state index is 6.40. The zero-order valence-electron chi connectivity index (χ0n) is 10.5. The molecule has 1 saturated heterocycles. The van der Waals surface area contributed by atoms with Crippen LogP contribution < -0.4 is 10.5 Å². The maximum Gasteiger partial charge on any atom is 0.120 e. The lowest BCUT2D eigenvalue weighted by atomic mass is 9.59. The molecule has 0 amide bonds. The number of methoxy groups -OCH3 is 1. The molecule has 2 fully saturated rings. The topological polar surface area (TPSA) is 44.5 Å². The number of ether oxygens (including phenoxy) is 2. The van der Waals surface area contributed by atoms with Gasteiger partial charge in [0.2, 0.25) is 0 Å². The standard InChI is InChI=1S/C14H18ClNO2/c1-17-11-2-3-12(13(15)6-11)14(7-18-8-14)9-4-10(16)5-9/h2-3,6,9-10H,4-5,7-8,16H2,1H3. The molecule has 1 saturated carbocycles. The Morgan fingerprint density at radius 3 is 2.56 bits per heavy atom. The highest BCUT2D eigenvalue weighted by Gasteiger charge is 2.51. The number of benzene rings is 1. The van der Waals surface area contributed by atoms with Crippen molar-refractivity contribution in [3.05, 3.63) is 28.8 Å². The molecule has 0 radical (unpaired) electrons. The van der Waals surface area contributed by atoms with Crippen molar-refractivity contribution in [1.82, 2.24) is 0 Å². The van der Waals surface area contributed by atoms with Gasteiger partial charge < -0.3 is 15.2 Å². The lowest BCUT2D eigenvalue weighted by molar-refractivity contribution is -0.111. The highest BCUT2D eigenvalue weighted by atomic mass is 35.5. The first-order chi connectivity index (χ1) is 8.65. The predicted molar refractivity (Wildman–Crippen MR) is 71.2 cm³/mol. The van der Waals surface area contributed by atoms with Crippen LogP contribution in [0.4, 0.5) is 0 Å². The Balaban J connectivity index is 1.92. The summed E-state index contributed by atoms with van der Waals surface area (Å²) in [4.78, 5) is 0. The average Bonchev–Trinajstić information content (AvgIpc) is 2.27. The maximum absolute atomic E-state index is 6.40. The lowest BCUT2D eigenvalue weighted by Crippen LogP contribution is -2.58. The van der Waals surface area contributed by atoms with Crippen molar-refractivity contribution in [3.8, 4) is 5.75 Å². The fourth-order valence-electron chi connectivity index (χ4n) is 3.07. The Hall–Kier alpha value is -0.770. The molecule has 0 atom stereocenters. The van der Waals surface area contributed by atoms with Crippen molar-refractivity contribution in [2.75, 3.05) is 20.3 Å². The van der Waals surface area contributed by atoms with Crippen molar-refractivity contribution < 1.29 is 9.47 Å². The van der Waals surface area contributed by atoms with Crippen LogP contribution in [0.25, 0.3) is 0 Å². The molecule has 98 valence electrons. The zero-order valence-corrected chi connectivity index (χ0v) is 11.2. The summed E-state index contributed by atoms with van der Waals surface area (Å²) < 4.78 is 10.7. The molecule has 1 aromatic carbocycles. The van der Waals surface area contributed by atoms with E-state index in [4.69, 9.17) is 26.8 Å². The number of halogens is 1. The van der Waals surface area contributed by atoms with E-state index in [1.165, 1.54) is 5.56 Å². The zero-order chi connectivity index (χ0) is 12.8. The second-order valence-electron chi connectivity index (χ2n) is 5.42. The van der Waals surface area contributed by atoms with E-state index in [0.717, 1.165) is 36.8 Å². The van der Waals surface area contributed by atoms with Crippen LogP contribution in [0.1, 0.15) is 18.4 Å². The van der Waals surface area contributed by atoms with Gasteiger partial charge in [0.05, 0.1) is 20.3 Å². The van der Waals surface area contributed by atoms with Gasteiger partial charge >= 0.3 is 0 Å². The summed E-state index contributed by atoms with van der Waals surface area (Å²) in [5.41, 5.74) is 7.18. The summed E-state index contributed by atoms with van der Waals surface area (Å²) in [6.45, 7) is 1.52. The molecule has 0 unspecified atom stereocenters. The fourth-order valence-corrected chi connectivity index (χ4v) is 3.43. The molecule has 0 spiro atoms. The van der Waals surface area contributed by atoms with Gasteiger partial charge in [0.25, 0.3) is 0 Å². The van der Waals surface area contributed by atoms with E-state index in [-0.39, 0.29) is 5.41 Å². The Morgan fingerprint density at radius 2 is 2.11 bits per heavy atom. The summed E-state index contributed by atoms with van der Waals surface area (Å²) in [7, 11) is 1.65. The van der Waals surface area contributed by atoms with Gasteiger partial charge in [-0.1, -0.05) is 17.7 Å². The second kappa shape index (κ2) is 4.41. The van der Waals surface area contributed by atoms with Crippen LogP contribution in [0.5, 0.6) is 5.75 Å². The molecule has 2 N–H and O–H groups in total. The molecule has 4 heteroatoms. The first-order valence-electron chi connectivity index (χ1n) is 6.33. The van der Waals surface area contributed by atoms with Crippen LogP contribution in [0, 0.1) is 5.92 Å². The van der Waals surface area contributed by atoms with E-state index >= 15 is 0 Å². The summed E-state index contributed by atoms with van der Waals surface area (Å²) in [6.07, 6.45) is 2.15. The number of nitrogens with two attached hydrogens (primary N) is 1. The van der Waals surface area contributed by atoms with Gasteiger partial charge in [-0.3, -0.25) is 0 Å². The molecule has 1 aliphatic carbocycles. The molecule has 3 nitrogen and oxygen atoms in total. The number of hydrogen-bond acceptors (Lipinski definition) is 3. The van der Waals surface area contributed by atoms with Gasteiger partial charge in [0.1, 0.15) is 5.75 Å². The summed E-state index contributed by atoms with van der Waals surface area (Å²) >= 11 is 6.40. The summed E-state index contributed by atoms with van der Waals surface area (Å²) in [5.74, 6) is 1.40. The van der Waals surface area contributed by atoms with Crippen LogP contribution in [0.15, 0.2) is 18.2 Å². The SMILES string of the molecule is COc1ccc(C2(C3CC(N)C3)COC2)c(Cl)c1. The average molecular weight is 268 g/mol. The van der Waals surface area contributed by atoms with E-state index in [1.807, 2.05) is 12.1 Å². The van der Waals surface area contributed by atoms with Crippen LogP contribution in [-0.4, -0.2) is 26.4 Å². The largest absolute Gasteiger partial charge is 0.497 e. The van der Waals surface area contributed by atoms with E-state index in [1.54, 1.807) is 7.11 Å². The highest BCUT2D eigenvalue weighted by molar-refractivity contribution is 6.31. The van der Waals surface area contributed by atoms with Crippen molar-refractivity contribution in [1.29, 1.82) is 0 Å². The third-order valence-corrected chi connectivity index (χ3v) is 4.70. The lowest BCUT2D eigenvalue weighted by Gasteiger charge is -2.53. The van der Waals surface area contributed by atoms with Crippen molar-refractivity contribution in [3.63, 3.8) is 0 Å². The van der Waals surface area contributed by atoms with Gasteiger partial charge in [-0.25, -0.2) is 0 Å². The minimum absolute atomic E-state index is 0.0826. The Kier molecular flexibility index (Phi) is 3.00. The molecule has 1 aromatic rings. The molecule has 0 bridgehead atoms. The Morgan fingerprint density at radius 1 is 1.39 bits per heavy atom. The molecular weight excluding hydrogens is 250 g/mol. The Labute approximate surface area is 112 Å². The van der Waals surface area contributed by atoms with Gasteiger partial charge in [0.15, 0.2) is 0 Å². The van der Waals surface area contributed by atoms with Crippen LogP contribution >= 0.6 is 11.6 Å². The molecule has 1 aliphatic heterocycles. The monoisotopic (exact) mass is 267 g/mol. The molecular formula is C14H18ClNO2. The molecule has 0 aromatic heterocycles. The van der Waals surface area contributed by atoms with Crippen molar-refractivity contribution in [2.45, 2.75) is 24.3 Å². The molecule has 2 aliphatic rings. The molecule has 3 rings (SSSR count). The summed E-state index contributed by atoms with van der Waals surface area (Å²) in [6, 6.07) is 6.28. The first-order valence-corrected chi connectivity index (χ1v) is 6.71. The van der Waals surface area contributed by atoms with Crippen molar-refractivity contribution in [2.24, 2.45) is 11.7 Å². The minimum Gasteiger partial charge on any atom is -0.497 e. The fraction of sp³-hybridized carbons (Fsp3) is 0.571. The van der Waals surface area contributed by atoms with Gasteiger partial charge in [0, 0.05) is 16.5 Å². The van der Waals surface area contributed by atoms with Crippen LogP contribution in [-0.2, 0) is 10.2 Å². The predicted octanol–water partition coefficient (Wildman–Crippen LogP) is 2.35. The third-order valence-electron chi connectivity index (χ3n) is 4.39. The minimum atomic E-state index is 0.0826. The van der Waals surface area contributed by atoms with Crippen molar-refractivity contribution >= 4 is 11.6 Å². The summed E-state index contributed by atoms with van der Waals surface area (Å²) in [5, 5.41) is 0.776. The number of rotatable bonds is 3. The molecule has 1 heterocycles. The number of hydrogen-bond donors (Lipinski definition) is 1. The van der Waals surface area contributed by atoms with Crippen LogP contribution in [0.3, 0.4) is 0 Å². The van der Waals surface area contributed by atoms with E-state index in [9.17, 15) is 0 Å². The van der Waals surface area contributed by atoms with E-state index in [2.05, 4.69) is 6.07 Å². The third kappa shape index (κ3) is 1.73. The van der Waals surface area contributed by atoms with Gasteiger partial charge in [-0.05, 0) is 36.5 Å². The second-order valence-corrected chi connectivity index (χ2v) is 5.83. The van der Waals surface area contributed by atoms with E-state index < -0.39 is 0 Å². The quantitative estimate of drug-likeness (QED) is 0.914. The first kappa shape index (κ1) is 12.3. The normalized spacial score (nSPS) is 29.3. The molecule has 18 heavy (non-hydrogen) atoms. The smallest absolute Gasteiger partial charge is 0.120 e. The van der Waals surface area contributed by atoms with E-state index in [0.29, 0.717) is 12.0 Å². The van der Waals surface area contributed by atoms with Gasteiger partial charge in [-0.15, -0.1) is 0 Å². The van der Waals surface area contributed by atoms with Crippen LogP contribution in [0.2, 0.25) is 5.02 Å².